The van der Waals surface area contributed by atoms with Crippen LogP contribution in [-0.4, -0.2) is 23.2 Å². The van der Waals surface area contributed by atoms with E-state index >= 15 is 0 Å². The summed E-state index contributed by atoms with van der Waals surface area (Å²) in [5.41, 5.74) is 16.7. The van der Waals surface area contributed by atoms with Gasteiger partial charge in [-0.15, -0.1) is 0 Å². The molecule has 3 aromatic heterocycles. The normalized spacial score (nSPS) is 14.7. The molecule has 0 fully saturated rings. The SMILES string of the molecule is C=NCC1(C(=C)C)c2ccccc2-c2ccc(-c3ccc4oc5c(ccc6oc7c(-c8cccc(-c9cnc%10c%11ccccc%11c%11ccccc%11c%10n9)c8)cccc7c65)c4c3)cc21. The maximum absolute atomic E-state index is 6.75. The molecule has 0 saturated heterocycles. The third kappa shape index (κ3) is 4.96. The minimum absolute atomic E-state index is 0.431. The molecule has 5 nitrogen and oxygen atoms in total. The minimum atomic E-state index is -0.431. The van der Waals surface area contributed by atoms with Gasteiger partial charge < -0.3 is 8.83 Å². The van der Waals surface area contributed by atoms with Crippen LogP contribution in [0.25, 0.3) is 121 Å². The summed E-state index contributed by atoms with van der Waals surface area (Å²) in [6, 6.07) is 57.9. The van der Waals surface area contributed by atoms with Crippen molar-refractivity contribution in [2.75, 3.05) is 6.54 Å². The zero-order valence-electron chi connectivity index (χ0n) is 34.4. The zero-order chi connectivity index (χ0) is 42.0. The number of nitrogens with zero attached hydrogens (tertiary/aromatic N) is 3. The van der Waals surface area contributed by atoms with Crippen molar-refractivity contribution in [2.24, 2.45) is 4.99 Å². The van der Waals surface area contributed by atoms with Crippen molar-refractivity contribution in [1.29, 1.82) is 0 Å². The average Bonchev–Trinajstić information content (AvgIpc) is 4.00. The van der Waals surface area contributed by atoms with E-state index in [1.54, 1.807) is 0 Å². The number of aliphatic imine (C=N–C) groups is 1. The molecule has 0 radical (unpaired) electrons. The van der Waals surface area contributed by atoms with E-state index in [2.05, 4.69) is 189 Å². The molecule has 0 aliphatic heterocycles. The molecule has 9 aromatic carbocycles. The van der Waals surface area contributed by atoms with E-state index in [0.29, 0.717) is 6.54 Å². The van der Waals surface area contributed by atoms with Gasteiger partial charge in [-0.3, -0.25) is 9.98 Å². The van der Waals surface area contributed by atoms with Crippen LogP contribution in [0.5, 0.6) is 0 Å². The highest BCUT2D eigenvalue weighted by molar-refractivity contribution is 6.24. The van der Waals surface area contributed by atoms with E-state index in [4.69, 9.17) is 18.8 Å². The average molecular weight is 808 g/mol. The van der Waals surface area contributed by atoms with Gasteiger partial charge in [0.2, 0.25) is 0 Å². The first-order valence-electron chi connectivity index (χ1n) is 21.3. The Morgan fingerprint density at radius 2 is 1.17 bits per heavy atom. The highest BCUT2D eigenvalue weighted by Gasteiger charge is 2.43. The molecule has 5 heteroatoms. The number of para-hydroxylation sites is 1. The third-order valence-corrected chi connectivity index (χ3v) is 13.6. The summed E-state index contributed by atoms with van der Waals surface area (Å²) in [6.07, 6.45) is 1.90. The number of fused-ring (bicyclic) bond motifs is 16. The first-order valence-corrected chi connectivity index (χ1v) is 21.3. The van der Waals surface area contributed by atoms with E-state index in [-0.39, 0.29) is 0 Å². The molecule has 0 amide bonds. The van der Waals surface area contributed by atoms with Crippen LogP contribution in [0.3, 0.4) is 0 Å². The maximum atomic E-state index is 6.75. The van der Waals surface area contributed by atoms with Gasteiger partial charge in [-0.25, -0.2) is 4.98 Å². The van der Waals surface area contributed by atoms with Crippen LogP contribution in [-0.2, 0) is 5.41 Å². The molecule has 296 valence electrons. The summed E-state index contributed by atoms with van der Waals surface area (Å²) < 4.78 is 13.5. The number of furan rings is 2. The number of hydrogen-bond acceptors (Lipinski definition) is 5. The van der Waals surface area contributed by atoms with Crippen molar-refractivity contribution < 1.29 is 8.83 Å². The van der Waals surface area contributed by atoms with E-state index in [1.807, 2.05) is 6.20 Å². The van der Waals surface area contributed by atoms with Gasteiger partial charge in [0.15, 0.2) is 0 Å². The number of benzene rings is 9. The number of hydrogen-bond donors (Lipinski definition) is 0. The van der Waals surface area contributed by atoms with Crippen molar-refractivity contribution in [1.82, 2.24) is 9.97 Å². The number of aromatic nitrogens is 2. The van der Waals surface area contributed by atoms with Crippen LogP contribution in [0.2, 0.25) is 0 Å². The second-order valence-electron chi connectivity index (χ2n) is 16.9. The summed E-state index contributed by atoms with van der Waals surface area (Å²) in [7, 11) is 0. The van der Waals surface area contributed by atoms with Crippen LogP contribution in [0, 0.1) is 0 Å². The summed E-state index contributed by atoms with van der Waals surface area (Å²) in [5, 5.41) is 8.64. The Bertz CT molecular complexity index is 3930. The van der Waals surface area contributed by atoms with E-state index in [1.165, 1.54) is 33.0 Å². The largest absolute Gasteiger partial charge is 0.455 e. The molecule has 13 rings (SSSR count). The topological polar surface area (TPSA) is 64.4 Å². The van der Waals surface area contributed by atoms with Gasteiger partial charge in [0.05, 0.1) is 40.3 Å². The number of rotatable bonds is 6. The third-order valence-electron chi connectivity index (χ3n) is 13.6. The monoisotopic (exact) mass is 807 g/mol. The Labute approximate surface area is 362 Å². The lowest BCUT2D eigenvalue weighted by Gasteiger charge is -2.31. The molecule has 1 aliphatic carbocycles. The molecular weight excluding hydrogens is 771 g/mol. The Balaban J connectivity index is 0.917. The second kappa shape index (κ2) is 13.2. The van der Waals surface area contributed by atoms with Gasteiger partial charge in [-0.1, -0.05) is 140 Å². The van der Waals surface area contributed by atoms with Crippen molar-refractivity contribution in [3.05, 3.63) is 193 Å². The molecule has 63 heavy (non-hydrogen) atoms. The van der Waals surface area contributed by atoms with Crippen LogP contribution in [0.4, 0.5) is 0 Å². The van der Waals surface area contributed by atoms with Gasteiger partial charge in [-0.05, 0) is 99.8 Å². The van der Waals surface area contributed by atoms with Crippen LogP contribution < -0.4 is 0 Å². The van der Waals surface area contributed by atoms with Crippen LogP contribution in [0.15, 0.2) is 196 Å². The van der Waals surface area contributed by atoms with E-state index < -0.39 is 5.41 Å². The first-order chi connectivity index (χ1) is 31.0. The molecule has 0 saturated carbocycles. The van der Waals surface area contributed by atoms with Gasteiger partial charge in [-0.2, -0.15) is 0 Å². The standard InChI is InChI=1S/C58H37N3O2/c1-33(2)58(32-59-3)48-21-9-8-16-41(48)42-24-22-35(30-49(42)58)34-23-26-51-47(29-34)45-25-27-52-53(57(45)62-51)46-20-11-19-38(56(46)63-52)36-12-10-13-37(28-36)50-31-60-54-43-17-6-4-14-39(43)40-15-5-7-18-44(40)55(54)61-50/h4-31H,1,3,32H2,2H3. The first kappa shape index (κ1) is 35.6. The quantitative estimate of drug-likeness (QED) is 0.0953. The highest BCUT2D eigenvalue weighted by atomic mass is 16.3. The zero-order valence-corrected chi connectivity index (χ0v) is 34.4. The van der Waals surface area contributed by atoms with Crippen molar-refractivity contribution in [2.45, 2.75) is 12.3 Å². The van der Waals surface area contributed by atoms with E-state index in [0.717, 1.165) is 105 Å². The summed E-state index contributed by atoms with van der Waals surface area (Å²) in [5.74, 6) is 0. The molecule has 0 bridgehead atoms. The van der Waals surface area contributed by atoms with Crippen molar-refractivity contribution in [3.8, 4) is 44.6 Å². The fourth-order valence-electron chi connectivity index (χ4n) is 10.6. The highest BCUT2D eigenvalue weighted by Crippen LogP contribution is 2.53. The van der Waals surface area contributed by atoms with Gasteiger partial charge >= 0.3 is 0 Å². The molecule has 0 spiro atoms. The summed E-state index contributed by atoms with van der Waals surface area (Å²) in [6.45, 7) is 11.1. The maximum Gasteiger partial charge on any atom is 0.147 e. The summed E-state index contributed by atoms with van der Waals surface area (Å²) >= 11 is 0. The smallest absolute Gasteiger partial charge is 0.147 e. The van der Waals surface area contributed by atoms with Crippen molar-refractivity contribution in [3.63, 3.8) is 0 Å². The Morgan fingerprint density at radius 1 is 0.524 bits per heavy atom. The minimum Gasteiger partial charge on any atom is -0.455 e. The van der Waals surface area contributed by atoms with Crippen molar-refractivity contribution >= 4 is 83.2 Å². The molecular formula is C58H37N3O2. The van der Waals surface area contributed by atoms with Gasteiger partial charge in [0.1, 0.15) is 22.3 Å². The Morgan fingerprint density at radius 3 is 2.00 bits per heavy atom. The molecule has 0 N–H and O–H groups in total. The molecule has 12 aromatic rings. The lowest BCUT2D eigenvalue weighted by Crippen LogP contribution is -2.30. The lowest BCUT2D eigenvalue weighted by atomic mass is 9.72. The van der Waals surface area contributed by atoms with Gasteiger partial charge in [0, 0.05) is 38.1 Å². The summed E-state index contributed by atoms with van der Waals surface area (Å²) in [4.78, 5) is 14.7. The van der Waals surface area contributed by atoms with Gasteiger partial charge in [0.25, 0.3) is 0 Å². The fraction of sp³-hybridized carbons (Fsp3) is 0.0517. The van der Waals surface area contributed by atoms with Crippen LogP contribution >= 0.6 is 0 Å². The van der Waals surface area contributed by atoms with Crippen LogP contribution in [0.1, 0.15) is 18.1 Å². The molecule has 3 heterocycles. The fourth-order valence-corrected chi connectivity index (χ4v) is 10.6. The Hall–Kier alpha value is -8.15. The lowest BCUT2D eigenvalue weighted by molar-refractivity contribution is 0.637. The Kier molecular flexibility index (Phi) is 7.44. The van der Waals surface area contributed by atoms with E-state index in [9.17, 15) is 0 Å². The second-order valence-corrected chi connectivity index (χ2v) is 16.9. The predicted octanol–water partition coefficient (Wildman–Crippen LogP) is 15.3. The molecule has 1 unspecified atom stereocenters. The predicted molar refractivity (Wildman–Crippen MR) is 261 cm³/mol. The molecule has 1 aliphatic rings. The molecule has 1 atom stereocenters.